The second kappa shape index (κ2) is 7.75. The molecule has 1 aromatic carbocycles. The maximum absolute atomic E-state index is 13.1. The minimum atomic E-state index is -0.721. The molecule has 8 heteroatoms. The van der Waals surface area contributed by atoms with Gasteiger partial charge in [-0.25, -0.2) is 4.68 Å². The molecule has 1 atom stereocenters. The number of amides is 1. The Hall–Kier alpha value is -3.06. The molecule has 3 heterocycles. The Labute approximate surface area is 171 Å². The van der Waals surface area contributed by atoms with Gasteiger partial charge >= 0.3 is 0 Å². The fourth-order valence-electron chi connectivity index (χ4n) is 3.54. The molecule has 0 aliphatic carbocycles. The van der Waals surface area contributed by atoms with E-state index in [2.05, 4.69) is 10.4 Å². The zero-order chi connectivity index (χ0) is 20.5. The highest BCUT2D eigenvalue weighted by atomic mass is 35.5. The molecule has 3 aromatic heterocycles. The predicted octanol–water partition coefficient (Wildman–Crippen LogP) is 3.73. The van der Waals surface area contributed by atoms with Gasteiger partial charge in [0, 0.05) is 30.1 Å². The van der Waals surface area contributed by atoms with Gasteiger partial charge in [0.05, 0.1) is 11.8 Å². The molecule has 0 spiro atoms. The normalized spacial score (nSPS) is 12.5. The molecule has 29 heavy (non-hydrogen) atoms. The van der Waals surface area contributed by atoms with Crippen molar-refractivity contribution in [3.8, 4) is 0 Å². The smallest absolute Gasteiger partial charge is 0.291 e. The molecule has 0 saturated heterocycles. The highest BCUT2D eigenvalue weighted by Gasteiger charge is 2.24. The Morgan fingerprint density at radius 3 is 2.76 bits per heavy atom. The molecule has 0 aliphatic rings. The average Bonchev–Trinajstić information content (AvgIpc) is 3.31. The van der Waals surface area contributed by atoms with Gasteiger partial charge < -0.3 is 9.73 Å². The number of benzene rings is 1. The van der Waals surface area contributed by atoms with Crippen LogP contribution in [0.25, 0.3) is 16.6 Å². The Kier molecular flexibility index (Phi) is 5.15. The summed E-state index contributed by atoms with van der Waals surface area (Å²) in [6, 6.07) is 10.1. The molecule has 7 nitrogen and oxygen atoms in total. The number of aromatic nitrogens is 3. The van der Waals surface area contributed by atoms with E-state index in [1.807, 2.05) is 32.0 Å². The first kappa shape index (κ1) is 19.3. The van der Waals surface area contributed by atoms with E-state index in [1.54, 1.807) is 28.9 Å². The quantitative estimate of drug-likeness (QED) is 0.523. The van der Waals surface area contributed by atoms with Gasteiger partial charge in [-0.05, 0) is 18.1 Å². The van der Waals surface area contributed by atoms with E-state index >= 15 is 0 Å². The lowest BCUT2D eigenvalue weighted by Crippen LogP contribution is -2.39. The Bertz CT molecular complexity index is 1250. The van der Waals surface area contributed by atoms with Crippen molar-refractivity contribution in [2.45, 2.75) is 39.3 Å². The van der Waals surface area contributed by atoms with Gasteiger partial charge in [-0.15, -0.1) is 0 Å². The molecule has 0 unspecified atom stereocenters. The van der Waals surface area contributed by atoms with Crippen LogP contribution in [0.1, 0.15) is 37.7 Å². The standard InChI is InChI=1S/C21H21ClN4O3/c1-3-15(20(27)23-12-13-7-5-6-8-14(13)22)26-21(28)17-11-18-16(9-10-29-18)25(17)19(4-2)24-26/h5-11,15H,3-4,12H2,1-2H3,(H,23,27)/t15-/m1/s1. The molecule has 0 saturated carbocycles. The monoisotopic (exact) mass is 412 g/mol. The van der Waals surface area contributed by atoms with Crippen LogP contribution in [0.4, 0.5) is 0 Å². The lowest BCUT2D eigenvalue weighted by atomic mass is 10.2. The highest BCUT2D eigenvalue weighted by molar-refractivity contribution is 6.31. The van der Waals surface area contributed by atoms with Gasteiger partial charge in [-0.1, -0.05) is 43.6 Å². The van der Waals surface area contributed by atoms with E-state index in [0.717, 1.165) is 11.1 Å². The molecule has 150 valence electrons. The lowest BCUT2D eigenvalue weighted by Gasteiger charge is -2.18. The Morgan fingerprint density at radius 2 is 2.03 bits per heavy atom. The van der Waals surface area contributed by atoms with Gasteiger partial charge in [0.1, 0.15) is 17.4 Å². The topological polar surface area (TPSA) is 81.5 Å². The van der Waals surface area contributed by atoms with Gasteiger partial charge in [-0.2, -0.15) is 5.10 Å². The van der Waals surface area contributed by atoms with Gasteiger partial charge in [0.25, 0.3) is 5.56 Å². The number of hydrogen-bond donors (Lipinski definition) is 1. The number of fused-ring (bicyclic) bond motifs is 3. The van der Waals surface area contributed by atoms with Crippen LogP contribution in [0, 0.1) is 0 Å². The molecular weight excluding hydrogens is 392 g/mol. The van der Waals surface area contributed by atoms with Crippen LogP contribution < -0.4 is 10.9 Å². The first-order chi connectivity index (χ1) is 14.0. The van der Waals surface area contributed by atoms with Crippen molar-refractivity contribution in [1.29, 1.82) is 0 Å². The number of carbonyl (C=O) groups excluding carboxylic acids is 1. The third kappa shape index (κ3) is 3.31. The minimum Gasteiger partial charge on any atom is -0.463 e. The van der Waals surface area contributed by atoms with Crippen LogP contribution in [-0.2, 0) is 17.8 Å². The van der Waals surface area contributed by atoms with Crippen LogP contribution in [0.2, 0.25) is 5.02 Å². The Balaban J connectivity index is 1.71. The van der Waals surface area contributed by atoms with E-state index in [4.69, 9.17) is 16.0 Å². The number of nitrogens with one attached hydrogen (secondary N) is 1. The number of halogens is 1. The zero-order valence-corrected chi connectivity index (χ0v) is 16.9. The molecule has 4 aromatic rings. The average molecular weight is 413 g/mol. The largest absolute Gasteiger partial charge is 0.463 e. The van der Waals surface area contributed by atoms with Crippen molar-refractivity contribution in [3.05, 3.63) is 69.4 Å². The fraction of sp³-hybridized carbons (Fsp3) is 0.286. The summed E-state index contributed by atoms with van der Waals surface area (Å²) >= 11 is 6.17. The summed E-state index contributed by atoms with van der Waals surface area (Å²) in [7, 11) is 0. The van der Waals surface area contributed by atoms with E-state index in [-0.39, 0.29) is 18.0 Å². The number of rotatable bonds is 6. The first-order valence-corrected chi connectivity index (χ1v) is 9.94. The second-order valence-corrected chi connectivity index (χ2v) is 7.20. The van der Waals surface area contributed by atoms with Crippen molar-refractivity contribution in [3.63, 3.8) is 0 Å². The SMILES string of the molecule is CCc1nn([C@H](CC)C(=O)NCc2ccccc2Cl)c(=O)c2cc3occc3n12. The minimum absolute atomic E-state index is 0.274. The second-order valence-electron chi connectivity index (χ2n) is 6.79. The van der Waals surface area contributed by atoms with Crippen molar-refractivity contribution < 1.29 is 9.21 Å². The van der Waals surface area contributed by atoms with Crippen LogP contribution in [0.15, 0.2) is 51.9 Å². The van der Waals surface area contributed by atoms with E-state index in [0.29, 0.717) is 34.8 Å². The van der Waals surface area contributed by atoms with Crippen molar-refractivity contribution >= 4 is 34.1 Å². The summed E-state index contributed by atoms with van der Waals surface area (Å²) in [4.78, 5) is 26.0. The van der Waals surface area contributed by atoms with Crippen molar-refractivity contribution in [2.75, 3.05) is 0 Å². The lowest BCUT2D eigenvalue weighted by molar-refractivity contribution is -0.125. The maximum atomic E-state index is 13.1. The summed E-state index contributed by atoms with van der Waals surface area (Å²) in [5.41, 5.74) is 2.35. The van der Waals surface area contributed by atoms with Crippen LogP contribution >= 0.6 is 11.6 Å². The summed E-state index contributed by atoms with van der Waals surface area (Å²) in [5.74, 6) is 0.414. The maximum Gasteiger partial charge on any atom is 0.291 e. The molecular formula is C21H21ClN4O3. The third-order valence-electron chi connectivity index (χ3n) is 5.04. The van der Waals surface area contributed by atoms with E-state index < -0.39 is 6.04 Å². The molecule has 0 bridgehead atoms. The van der Waals surface area contributed by atoms with Gasteiger partial charge in [0.15, 0.2) is 5.58 Å². The zero-order valence-electron chi connectivity index (χ0n) is 16.2. The van der Waals surface area contributed by atoms with Gasteiger partial charge in [-0.3, -0.25) is 14.0 Å². The molecule has 0 radical (unpaired) electrons. The van der Waals surface area contributed by atoms with E-state index in [9.17, 15) is 9.59 Å². The fourth-order valence-corrected chi connectivity index (χ4v) is 3.75. The number of furan rings is 1. The highest BCUT2D eigenvalue weighted by Crippen LogP contribution is 2.22. The van der Waals surface area contributed by atoms with Gasteiger partial charge in [0.2, 0.25) is 5.91 Å². The molecule has 1 amide bonds. The summed E-state index contributed by atoms with van der Waals surface area (Å²) in [5, 5.41) is 7.98. The number of nitrogens with zero attached hydrogens (tertiary/aromatic N) is 3. The Morgan fingerprint density at radius 1 is 1.24 bits per heavy atom. The predicted molar refractivity (Wildman–Crippen MR) is 111 cm³/mol. The number of carbonyl (C=O) groups is 1. The summed E-state index contributed by atoms with van der Waals surface area (Å²) in [6.45, 7) is 4.10. The van der Waals surface area contributed by atoms with Crippen LogP contribution in [0.5, 0.6) is 0 Å². The summed E-state index contributed by atoms with van der Waals surface area (Å²) < 4.78 is 8.53. The van der Waals surface area contributed by atoms with Crippen molar-refractivity contribution in [2.24, 2.45) is 0 Å². The molecule has 1 N–H and O–H groups in total. The molecule has 4 rings (SSSR count). The summed E-state index contributed by atoms with van der Waals surface area (Å²) in [6.07, 6.45) is 2.61. The first-order valence-electron chi connectivity index (χ1n) is 9.56. The van der Waals surface area contributed by atoms with E-state index in [1.165, 1.54) is 4.68 Å². The van der Waals surface area contributed by atoms with Crippen LogP contribution in [-0.4, -0.2) is 20.1 Å². The number of hydrogen-bond acceptors (Lipinski definition) is 4. The third-order valence-corrected chi connectivity index (χ3v) is 5.41. The van der Waals surface area contributed by atoms with Crippen molar-refractivity contribution in [1.82, 2.24) is 19.5 Å². The van der Waals surface area contributed by atoms with Crippen LogP contribution in [0.3, 0.4) is 0 Å². The molecule has 0 aliphatic heterocycles. The number of aryl methyl sites for hydroxylation is 1. The molecule has 0 fully saturated rings.